The Morgan fingerprint density at radius 3 is 2.08 bits per heavy atom. The molecule has 4 N–H and O–H groups in total. The third kappa shape index (κ3) is 8.99. The lowest BCUT2D eigenvalue weighted by molar-refractivity contribution is -0.175. The van der Waals surface area contributed by atoms with Crippen molar-refractivity contribution < 1.29 is 32.3 Å². The fourth-order valence-electron chi connectivity index (χ4n) is 4.59. The third-order valence-electron chi connectivity index (χ3n) is 6.63. The third-order valence-corrected chi connectivity index (χ3v) is 6.63. The first kappa shape index (κ1) is 30.6. The average Bonchev–Trinajstić information content (AvgIpc) is 3.39. The molecule has 1 aliphatic heterocycles. The average molecular weight is 532 g/mol. The number of hydrogen-bond acceptors (Lipinski definition) is 5. The predicted octanol–water partition coefficient (Wildman–Crippen LogP) is 2.24. The summed E-state index contributed by atoms with van der Waals surface area (Å²) in [6.45, 7) is 13.7. The summed E-state index contributed by atoms with van der Waals surface area (Å²) in [7, 11) is 0. The minimum atomic E-state index is -5.16. The van der Waals surface area contributed by atoms with Gasteiger partial charge in [-0.2, -0.15) is 13.2 Å². The maximum Gasteiger partial charge on any atom is 0.471 e. The number of alkyl halides is 3. The van der Waals surface area contributed by atoms with Gasteiger partial charge in [-0.05, 0) is 49.7 Å². The summed E-state index contributed by atoms with van der Waals surface area (Å²) in [6.07, 6.45) is -2.08. The number of nitrogens with one attached hydrogen (secondary N) is 4. The number of amides is 4. The molecule has 2 fully saturated rings. The normalized spacial score (nSPS) is 21.4. The van der Waals surface area contributed by atoms with Gasteiger partial charge in [0.2, 0.25) is 17.7 Å². The van der Waals surface area contributed by atoms with Crippen LogP contribution in [-0.4, -0.2) is 66.7 Å². The standard InChI is InChI=1S/C25H40F3N5O4/c1-22(2,3)12-16(31-20(36)17(23(4,5)6)32-21(37)25(26,27)28)19(35)30-15(13-29-7)10-14-11-24(8-9-24)33-18(14)34/h14-17H,7-13H2,1-6H3,(H,30,35)(H,31,36)(H,32,37)(H,33,34)/t14-,15+,16+,17-/m1/s1. The van der Waals surface area contributed by atoms with E-state index in [0.29, 0.717) is 12.8 Å². The zero-order valence-corrected chi connectivity index (χ0v) is 22.5. The molecule has 0 aromatic carbocycles. The second kappa shape index (κ2) is 11.0. The molecule has 4 amide bonds. The van der Waals surface area contributed by atoms with Crippen LogP contribution in [0.2, 0.25) is 0 Å². The van der Waals surface area contributed by atoms with Gasteiger partial charge >= 0.3 is 12.1 Å². The number of aliphatic imine (C=N–C) groups is 1. The number of hydrogen-bond donors (Lipinski definition) is 4. The van der Waals surface area contributed by atoms with Crippen LogP contribution in [-0.2, 0) is 19.2 Å². The summed E-state index contributed by atoms with van der Waals surface area (Å²) >= 11 is 0. The first-order chi connectivity index (χ1) is 16.8. The van der Waals surface area contributed by atoms with Gasteiger partial charge in [-0.3, -0.25) is 24.2 Å². The van der Waals surface area contributed by atoms with E-state index in [4.69, 9.17) is 0 Å². The fourth-order valence-corrected chi connectivity index (χ4v) is 4.59. The Kier molecular flexibility index (Phi) is 9.07. The molecule has 9 nitrogen and oxygen atoms in total. The smallest absolute Gasteiger partial charge is 0.350 e. The van der Waals surface area contributed by atoms with Gasteiger partial charge in [-0.15, -0.1) is 0 Å². The molecule has 0 aromatic rings. The van der Waals surface area contributed by atoms with E-state index < -0.39 is 52.9 Å². The number of halogens is 3. The van der Waals surface area contributed by atoms with E-state index >= 15 is 0 Å². The summed E-state index contributed by atoms with van der Waals surface area (Å²) in [5, 5.41) is 10.2. The van der Waals surface area contributed by atoms with Crippen LogP contribution in [0.25, 0.3) is 0 Å². The molecule has 4 atom stereocenters. The molecule has 1 aliphatic carbocycles. The van der Waals surface area contributed by atoms with Crippen LogP contribution in [0.15, 0.2) is 4.99 Å². The highest BCUT2D eigenvalue weighted by molar-refractivity contribution is 5.93. The lowest BCUT2D eigenvalue weighted by Crippen LogP contribution is -2.60. The Hall–Kier alpha value is -2.66. The van der Waals surface area contributed by atoms with E-state index in [0.717, 1.165) is 12.8 Å². The minimum absolute atomic E-state index is 0.0613. The minimum Gasteiger partial charge on any atom is -0.350 e. The molecule has 2 rings (SSSR count). The van der Waals surface area contributed by atoms with Crippen LogP contribution in [0.4, 0.5) is 13.2 Å². The van der Waals surface area contributed by atoms with Gasteiger partial charge in [0.1, 0.15) is 12.1 Å². The summed E-state index contributed by atoms with van der Waals surface area (Å²) < 4.78 is 38.7. The maximum absolute atomic E-state index is 13.3. The van der Waals surface area contributed by atoms with E-state index in [9.17, 15) is 32.3 Å². The second-order valence-electron chi connectivity index (χ2n) is 12.6. The molecule has 1 saturated heterocycles. The van der Waals surface area contributed by atoms with Crippen molar-refractivity contribution in [2.24, 2.45) is 21.7 Å². The Bertz CT molecular complexity index is 903. The van der Waals surface area contributed by atoms with Gasteiger partial charge in [0.05, 0.1) is 6.54 Å². The van der Waals surface area contributed by atoms with Crippen molar-refractivity contribution in [2.45, 2.75) is 103 Å². The van der Waals surface area contributed by atoms with Crippen LogP contribution < -0.4 is 21.3 Å². The number of rotatable bonds is 10. The number of nitrogens with zero attached hydrogens (tertiary/aromatic N) is 1. The topological polar surface area (TPSA) is 129 Å². The largest absolute Gasteiger partial charge is 0.471 e. The van der Waals surface area contributed by atoms with E-state index in [1.807, 2.05) is 20.8 Å². The van der Waals surface area contributed by atoms with Gasteiger partial charge < -0.3 is 21.3 Å². The highest BCUT2D eigenvalue weighted by Crippen LogP contribution is 2.46. The van der Waals surface area contributed by atoms with Gasteiger partial charge in [-0.25, -0.2) is 0 Å². The van der Waals surface area contributed by atoms with Crippen LogP contribution in [0.1, 0.15) is 73.6 Å². The SMILES string of the molecule is C=NC[C@H](C[C@@H]1CC2(CC2)NC1=O)NC(=O)[C@H](CC(C)(C)C)NC(=O)[C@@H](NC(=O)C(F)(F)F)C(C)(C)C. The summed E-state index contributed by atoms with van der Waals surface area (Å²) in [5.41, 5.74) is -1.63. The summed E-state index contributed by atoms with van der Waals surface area (Å²) in [5.74, 6) is -4.04. The second-order valence-corrected chi connectivity index (χ2v) is 12.6. The zero-order chi connectivity index (χ0) is 28.4. The molecule has 210 valence electrons. The monoisotopic (exact) mass is 531 g/mol. The highest BCUT2D eigenvalue weighted by Gasteiger charge is 2.52. The zero-order valence-electron chi connectivity index (χ0n) is 22.5. The van der Waals surface area contributed by atoms with Crippen molar-refractivity contribution in [2.75, 3.05) is 6.54 Å². The first-order valence-electron chi connectivity index (χ1n) is 12.5. The molecular formula is C25H40F3N5O4. The fraction of sp³-hybridized carbons (Fsp3) is 0.800. The molecule has 0 radical (unpaired) electrons. The maximum atomic E-state index is 13.3. The summed E-state index contributed by atoms with van der Waals surface area (Å²) in [4.78, 5) is 54.3. The molecule has 0 bridgehead atoms. The van der Waals surface area contributed by atoms with Crippen LogP contribution in [0, 0.1) is 16.7 Å². The Balaban J connectivity index is 2.17. The molecule has 1 heterocycles. The molecule has 1 spiro atoms. The van der Waals surface area contributed by atoms with E-state index in [2.05, 4.69) is 27.7 Å². The van der Waals surface area contributed by atoms with Crippen LogP contribution >= 0.6 is 0 Å². The van der Waals surface area contributed by atoms with Gasteiger partial charge in [-0.1, -0.05) is 41.5 Å². The molecule has 0 unspecified atom stereocenters. The number of carbonyl (C=O) groups is 4. The molecular weight excluding hydrogens is 491 g/mol. The molecule has 2 aliphatic rings. The molecule has 12 heteroatoms. The molecule has 37 heavy (non-hydrogen) atoms. The van der Waals surface area contributed by atoms with Crippen molar-refractivity contribution in [3.05, 3.63) is 0 Å². The Morgan fingerprint density at radius 1 is 1.05 bits per heavy atom. The van der Waals surface area contributed by atoms with Crippen molar-refractivity contribution in [1.29, 1.82) is 0 Å². The van der Waals surface area contributed by atoms with E-state index in [1.165, 1.54) is 20.8 Å². The lowest BCUT2D eigenvalue weighted by Gasteiger charge is -2.33. The van der Waals surface area contributed by atoms with Crippen molar-refractivity contribution in [3.63, 3.8) is 0 Å². The Morgan fingerprint density at radius 2 is 1.65 bits per heavy atom. The first-order valence-corrected chi connectivity index (χ1v) is 12.5. The lowest BCUT2D eigenvalue weighted by atomic mass is 9.84. The highest BCUT2D eigenvalue weighted by atomic mass is 19.4. The van der Waals surface area contributed by atoms with E-state index in [-0.39, 0.29) is 30.3 Å². The van der Waals surface area contributed by atoms with Crippen LogP contribution in [0.3, 0.4) is 0 Å². The summed E-state index contributed by atoms with van der Waals surface area (Å²) in [6, 6.07) is -3.16. The quantitative estimate of drug-likeness (QED) is 0.322. The van der Waals surface area contributed by atoms with Crippen molar-refractivity contribution in [1.82, 2.24) is 21.3 Å². The van der Waals surface area contributed by atoms with Crippen molar-refractivity contribution in [3.8, 4) is 0 Å². The van der Waals surface area contributed by atoms with Gasteiger partial charge in [0, 0.05) is 17.5 Å². The van der Waals surface area contributed by atoms with E-state index in [1.54, 1.807) is 5.32 Å². The molecule has 1 saturated carbocycles. The molecule has 0 aromatic heterocycles. The van der Waals surface area contributed by atoms with Gasteiger partial charge in [0.15, 0.2) is 0 Å². The van der Waals surface area contributed by atoms with Gasteiger partial charge in [0.25, 0.3) is 0 Å². The Labute approximate surface area is 216 Å². The predicted molar refractivity (Wildman–Crippen MR) is 133 cm³/mol. The van der Waals surface area contributed by atoms with Crippen LogP contribution in [0.5, 0.6) is 0 Å². The number of carbonyl (C=O) groups excluding carboxylic acids is 4. The van der Waals surface area contributed by atoms with Crippen molar-refractivity contribution >= 4 is 30.3 Å².